The second-order valence-electron chi connectivity index (χ2n) is 5.10. The molecular formula is C15H19NO3S2. The Kier molecular flexibility index (Phi) is 4.83. The van der Waals surface area contributed by atoms with Crippen LogP contribution in [0.25, 0.3) is 0 Å². The van der Waals surface area contributed by atoms with Crippen molar-refractivity contribution in [2.24, 2.45) is 0 Å². The van der Waals surface area contributed by atoms with Gasteiger partial charge in [-0.05, 0) is 49.4 Å². The van der Waals surface area contributed by atoms with E-state index in [0.717, 1.165) is 16.0 Å². The number of sulfonamides is 1. The molecule has 21 heavy (non-hydrogen) atoms. The first-order valence-electron chi connectivity index (χ1n) is 6.60. The first-order chi connectivity index (χ1) is 9.81. The normalized spacial score (nSPS) is 13.3. The average molecular weight is 325 g/mol. The number of benzene rings is 1. The summed E-state index contributed by atoms with van der Waals surface area (Å²) in [6.07, 6.45) is -0.828. The van der Waals surface area contributed by atoms with E-state index in [-0.39, 0.29) is 11.4 Å². The smallest absolute Gasteiger partial charge is 0.240 e. The third-order valence-corrected chi connectivity index (χ3v) is 5.99. The van der Waals surface area contributed by atoms with Gasteiger partial charge >= 0.3 is 0 Å². The van der Waals surface area contributed by atoms with Crippen molar-refractivity contribution in [3.05, 3.63) is 51.2 Å². The molecule has 4 nitrogen and oxygen atoms in total. The number of aliphatic hydroxyl groups is 1. The van der Waals surface area contributed by atoms with Gasteiger partial charge in [0.2, 0.25) is 10.0 Å². The molecule has 0 bridgehead atoms. The summed E-state index contributed by atoms with van der Waals surface area (Å²) in [7, 11) is -3.61. The van der Waals surface area contributed by atoms with E-state index in [0.29, 0.717) is 5.56 Å². The zero-order valence-corrected chi connectivity index (χ0v) is 13.9. The number of rotatable bonds is 5. The van der Waals surface area contributed by atoms with Gasteiger partial charge in [-0.15, -0.1) is 11.3 Å². The molecule has 1 atom stereocenters. The van der Waals surface area contributed by atoms with Crippen molar-refractivity contribution in [2.75, 3.05) is 6.54 Å². The van der Waals surface area contributed by atoms with Gasteiger partial charge in [-0.2, -0.15) is 0 Å². The van der Waals surface area contributed by atoms with Crippen LogP contribution in [0.1, 0.15) is 27.7 Å². The van der Waals surface area contributed by atoms with Crippen LogP contribution >= 0.6 is 11.3 Å². The monoisotopic (exact) mass is 325 g/mol. The fourth-order valence-corrected chi connectivity index (χ4v) is 4.36. The largest absolute Gasteiger partial charge is 0.386 e. The third kappa shape index (κ3) is 3.71. The number of hydrogen-bond acceptors (Lipinski definition) is 4. The van der Waals surface area contributed by atoms with Crippen LogP contribution in [0.4, 0.5) is 0 Å². The predicted molar refractivity (Wildman–Crippen MR) is 85.1 cm³/mol. The van der Waals surface area contributed by atoms with E-state index in [1.165, 1.54) is 11.3 Å². The summed E-state index contributed by atoms with van der Waals surface area (Å²) < 4.78 is 27.1. The number of aryl methyl sites for hydroxylation is 3. The molecule has 0 aliphatic rings. The van der Waals surface area contributed by atoms with Crippen LogP contribution in [-0.2, 0) is 10.0 Å². The molecule has 0 spiro atoms. The molecular weight excluding hydrogens is 306 g/mol. The lowest BCUT2D eigenvalue weighted by Crippen LogP contribution is -2.29. The molecule has 0 fully saturated rings. The van der Waals surface area contributed by atoms with Crippen molar-refractivity contribution in [1.82, 2.24) is 4.72 Å². The minimum absolute atomic E-state index is 0.0308. The summed E-state index contributed by atoms with van der Waals surface area (Å²) >= 11 is 1.42. The lowest BCUT2D eigenvalue weighted by atomic mass is 10.2. The quantitative estimate of drug-likeness (QED) is 0.888. The Hall–Kier alpha value is -1.21. The highest BCUT2D eigenvalue weighted by Gasteiger charge is 2.19. The van der Waals surface area contributed by atoms with E-state index >= 15 is 0 Å². The lowest BCUT2D eigenvalue weighted by Gasteiger charge is -2.13. The molecule has 6 heteroatoms. The molecule has 1 aromatic heterocycles. The second-order valence-corrected chi connectivity index (χ2v) is 7.79. The summed E-state index contributed by atoms with van der Waals surface area (Å²) in [5.74, 6) is 0. The van der Waals surface area contributed by atoms with E-state index < -0.39 is 16.1 Å². The fourth-order valence-electron chi connectivity index (χ4n) is 2.19. The molecule has 1 aromatic carbocycles. The van der Waals surface area contributed by atoms with Gasteiger partial charge in [0, 0.05) is 11.4 Å². The highest BCUT2D eigenvalue weighted by atomic mass is 32.2. The number of aliphatic hydroxyl groups excluding tert-OH is 1. The first-order valence-corrected chi connectivity index (χ1v) is 8.96. The Balaban J connectivity index is 2.13. The van der Waals surface area contributed by atoms with Gasteiger partial charge in [0.15, 0.2) is 0 Å². The van der Waals surface area contributed by atoms with Gasteiger partial charge in [-0.1, -0.05) is 17.7 Å². The molecule has 0 saturated heterocycles. The maximum Gasteiger partial charge on any atom is 0.240 e. The van der Waals surface area contributed by atoms with Crippen molar-refractivity contribution in [3.63, 3.8) is 0 Å². The van der Waals surface area contributed by atoms with Crippen molar-refractivity contribution >= 4 is 21.4 Å². The molecule has 2 N–H and O–H groups in total. The van der Waals surface area contributed by atoms with E-state index in [1.807, 2.05) is 31.4 Å². The number of nitrogens with one attached hydrogen (secondary N) is 1. The molecule has 2 aromatic rings. The second kappa shape index (κ2) is 6.27. The maximum atomic E-state index is 12.3. The molecule has 114 valence electrons. The summed E-state index contributed by atoms with van der Waals surface area (Å²) in [4.78, 5) is 1.04. The molecule has 1 heterocycles. The van der Waals surface area contributed by atoms with Gasteiger partial charge in [0.1, 0.15) is 6.10 Å². The summed E-state index contributed by atoms with van der Waals surface area (Å²) in [5.41, 5.74) is 2.68. The van der Waals surface area contributed by atoms with Gasteiger partial charge < -0.3 is 5.11 Å². The van der Waals surface area contributed by atoms with Crippen LogP contribution in [0.5, 0.6) is 0 Å². The predicted octanol–water partition coefficient (Wildman–Crippen LogP) is 2.69. The van der Waals surface area contributed by atoms with Gasteiger partial charge in [0.25, 0.3) is 0 Å². The van der Waals surface area contributed by atoms with E-state index in [9.17, 15) is 13.5 Å². The third-order valence-electron chi connectivity index (χ3n) is 3.29. The van der Waals surface area contributed by atoms with Crippen LogP contribution in [0, 0.1) is 20.8 Å². The minimum atomic E-state index is -3.61. The Morgan fingerprint density at radius 3 is 2.48 bits per heavy atom. The SMILES string of the molecule is Cc1ccc(S(=O)(=O)NCC(O)c2sccc2C)c(C)c1. The van der Waals surface area contributed by atoms with Crippen molar-refractivity contribution in [3.8, 4) is 0 Å². The molecule has 0 aliphatic carbocycles. The van der Waals surface area contributed by atoms with Gasteiger partial charge in [-0.3, -0.25) is 0 Å². The number of thiophene rings is 1. The van der Waals surface area contributed by atoms with Crippen LogP contribution in [-0.4, -0.2) is 20.1 Å². The number of hydrogen-bond donors (Lipinski definition) is 2. The van der Waals surface area contributed by atoms with E-state index in [1.54, 1.807) is 19.1 Å². The van der Waals surface area contributed by atoms with E-state index in [2.05, 4.69) is 4.72 Å². The van der Waals surface area contributed by atoms with Crippen molar-refractivity contribution in [2.45, 2.75) is 31.8 Å². The van der Waals surface area contributed by atoms with E-state index in [4.69, 9.17) is 0 Å². The zero-order chi connectivity index (χ0) is 15.6. The molecule has 0 radical (unpaired) electrons. The van der Waals surface area contributed by atoms with Gasteiger partial charge in [-0.25, -0.2) is 13.1 Å². The fraction of sp³-hybridized carbons (Fsp3) is 0.333. The topological polar surface area (TPSA) is 66.4 Å². The highest BCUT2D eigenvalue weighted by molar-refractivity contribution is 7.89. The minimum Gasteiger partial charge on any atom is -0.386 e. The summed E-state index contributed by atoms with van der Waals surface area (Å²) in [6, 6.07) is 7.09. The Morgan fingerprint density at radius 1 is 1.19 bits per heavy atom. The zero-order valence-electron chi connectivity index (χ0n) is 12.3. The molecule has 0 amide bonds. The van der Waals surface area contributed by atoms with Crippen molar-refractivity contribution in [1.29, 1.82) is 0 Å². The average Bonchev–Trinajstić information content (AvgIpc) is 2.82. The molecule has 0 aliphatic heterocycles. The molecule has 1 unspecified atom stereocenters. The van der Waals surface area contributed by atoms with Crippen molar-refractivity contribution < 1.29 is 13.5 Å². The van der Waals surface area contributed by atoms with Crippen LogP contribution in [0.15, 0.2) is 34.5 Å². The van der Waals surface area contributed by atoms with Gasteiger partial charge in [0.05, 0.1) is 4.90 Å². The lowest BCUT2D eigenvalue weighted by molar-refractivity contribution is 0.185. The maximum absolute atomic E-state index is 12.3. The summed E-state index contributed by atoms with van der Waals surface area (Å²) in [5, 5.41) is 12.0. The Morgan fingerprint density at radius 2 is 1.90 bits per heavy atom. The molecule has 2 rings (SSSR count). The highest BCUT2D eigenvalue weighted by Crippen LogP contribution is 2.24. The standard InChI is InChI=1S/C15H19NO3S2/c1-10-4-5-14(12(3)8-10)21(18,19)16-9-13(17)15-11(2)6-7-20-15/h4-8,13,16-17H,9H2,1-3H3. The Bertz CT molecular complexity index is 735. The molecule has 0 saturated carbocycles. The Labute approximate surface area is 129 Å². The van der Waals surface area contributed by atoms with Crippen LogP contribution in [0.2, 0.25) is 0 Å². The first kappa shape index (κ1) is 16.2. The van der Waals surface area contributed by atoms with Crippen LogP contribution in [0.3, 0.4) is 0 Å². The summed E-state index contributed by atoms with van der Waals surface area (Å²) in [6.45, 7) is 5.55. The van der Waals surface area contributed by atoms with Crippen LogP contribution < -0.4 is 4.72 Å².